The maximum Gasteiger partial charge on any atom is 0.329 e. The van der Waals surface area contributed by atoms with Crippen LogP contribution in [0.2, 0.25) is 0 Å². The lowest BCUT2D eigenvalue weighted by molar-refractivity contribution is -0.148. The van der Waals surface area contributed by atoms with Crippen molar-refractivity contribution in [1.29, 1.82) is 0 Å². The molecule has 0 saturated carbocycles. The molecule has 1 aliphatic heterocycles. The highest BCUT2D eigenvalue weighted by Gasteiger charge is 2.41. The first-order chi connectivity index (χ1) is 9.19. The highest BCUT2D eigenvalue weighted by Crippen LogP contribution is 2.25. The molecule has 2 amide bonds. The van der Waals surface area contributed by atoms with Crippen molar-refractivity contribution >= 4 is 12.0 Å². The van der Waals surface area contributed by atoms with Crippen molar-refractivity contribution in [2.75, 3.05) is 19.8 Å². The molecule has 0 spiro atoms. The topological polar surface area (TPSA) is 87.7 Å². The van der Waals surface area contributed by atoms with Crippen molar-refractivity contribution < 1.29 is 19.4 Å². The summed E-state index contributed by atoms with van der Waals surface area (Å²) in [7, 11) is 0. The van der Waals surface area contributed by atoms with Crippen LogP contribution in [0.25, 0.3) is 0 Å². The molecule has 0 radical (unpaired) electrons. The molecule has 0 bridgehead atoms. The molecule has 116 valence electrons. The molecular weight excluding hydrogens is 260 g/mol. The van der Waals surface area contributed by atoms with Crippen molar-refractivity contribution in [3.8, 4) is 0 Å². The van der Waals surface area contributed by atoms with Gasteiger partial charge in [-0.3, -0.25) is 0 Å². The van der Waals surface area contributed by atoms with E-state index in [9.17, 15) is 14.7 Å². The summed E-state index contributed by atoms with van der Waals surface area (Å²) in [5.74, 6) is -0.585. The van der Waals surface area contributed by atoms with Gasteiger partial charge in [-0.25, -0.2) is 9.59 Å². The fourth-order valence-corrected chi connectivity index (χ4v) is 1.89. The Kier molecular flexibility index (Phi) is 5.39. The summed E-state index contributed by atoms with van der Waals surface area (Å²) < 4.78 is 5.17. The predicted molar refractivity (Wildman–Crippen MR) is 75.6 cm³/mol. The van der Waals surface area contributed by atoms with Crippen LogP contribution in [0.4, 0.5) is 4.79 Å². The zero-order valence-corrected chi connectivity index (χ0v) is 12.8. The average Bonchev–Trinajstić information content (AvgIpc) is 2.37. The molecule has 0 atom stereocenters. The van der Waals surface area contributed by atoms with Gasteiger partial charge in [0.1, 0.15) is 5.54 Å². The smallest absolute Gasteiger partial charge is 0.329 e. The summed E-state index contributed by atoms with van der Waals surface area (Å²) in [6.07, 6.45) is 0.590. The van der Waals surface area contributed by atoms with Crippen LogP contribution in [-0.2, 0) is 9.53 Å². The summed E-state index contributed by atoms with van der Waals surface area (Å²) in [6.45, 7) is 9.53. The minimum Gasteiger partial charge on any atom is -0.480 e. The lowest BCUT2D eigenvalue weighted by atomic mass is 9.81. The average molecular weight is 286 g/mol. The van der Waals surface area contributed by atoms with Gasteiger partial charge in [0.15, 0.2) is 0 Å². The number of rotatable bonds is 5. The van der Waals surface area contributed by atoms with Gasteiger partial charge in [0.05, 0.1) is 0 Å². The number of hydrogen-bond donors (Lipinski definition) is 3. The number of ether oxygens (including phenoxy) is 1. The number of aliphatic carboxylic acids is 1. The molecule has 6 heteroatoms. The molecular formula is C14H26N2O4. The molecule has 6 nitrogen and oxygen atoms in total. The molecule has 0 aromatic rings. The normalized spacial score (nSPS) is 18.6. The molecule has 3 N–H and O–H groups in total. The van der Waals surface area contributed by atoms with Gasteiger partial charge in [-0.1, -0.05) is 27.7 Å². The fraction of sp³-hybridized carbons (Fsp3) is 0.857. The van der Waals surface area contributed by atoms with Gasteiger partial charge < -0.3 is 20.5 Å². The van der Waals surface area contributed by atoms with E-state index in [1.165, 1.54) is 0 Å². The van der Waals surface area contributed by atoms with Crippen molar-refractivity contribution in [1.82, 2.24) is 10.6 Å². The van der Waals surface area contributed by atoms with Gasteiger partial charge in [-0.15, -0.1) is 0 Å². The number of carbonyl (C=O) groups is 2. The van der Waals surface area contributed by atoms with Crippen LogP contribution in [-0.4, -0.2) is 42.4 Å². The van der Waals surface area contributed by atoms with E-state index in [1.807, 2.05) is 0 Å². The SMILES string of the molecule is CC(C)C(C)(C)CNC(=O)NC1(C(=O)O)CCOCC1. The second kappa shape index (κ2) is 6.43. The number of carboxylic acid groups (broad SMARTS) is 1. The molecule has 1 rings (SSSR count). The van der Waals surface area contributed by atoms with Gasteiger partial charge in [0.25, 0.3) is 0 Å². The highest BCUT2D eigenvalue weighted by molar-refractivity contribution is 5.86. The Labute approximate surface area is 120 Å². The quantitative estimate of drug-likeness (QED) is 0.716. The maximum atomic E-state index is 12.0. The standard InChI is InChI=1S/C14H26N2O4/c1-10(2)13(3,4)9-15-12(19)16-14(11(17)18)5-7-20-8-6-14/h10H,5-9H2,1-4H3,(H,17,18)(H2,15,16,19). The lowest BCUT2D eigenvalue weighted by Gasteiger charge is -2.35. The zero-order valence-electron chi connectivity index (χ0n) is 12.8. The van der Waals surface area contributed by atoms with Gasteiger partial charge in [0, 0.05) is 32.6 Å². The maximum absolute atomic E-state index is 12.0. The summed E-state index contributed by atoms with van der Waals surface area (Å²) in [4.78, 5) is 23.4. The van der Waals surface area contributed by atoms with Gasteiger partial charge in [0.2, 0.25) is 0 Å². The van der Waals surface area contributed by atoms with E-state index in [2.05, 4.69) is 38.3 Å². The van der Waals surface area contributed by atoms with Crippen LogP contribution in [0, 0.1) is 11.3 Å². The summed E-state index contributed by atoms with van der Waals surface area (Å²) in [6, 6.07) is -0.428. The van der Waals surface area contributed by atoms with Crippen LogP contribution >= 0.6 is 0 Å². The van der Waals surface area contributed by atoms with E-state index in [1.54, 1.807) is 0 Å². The van der Waals surface area contributed by atoms with Crippen molar-refractivity contribution in [2.24, 2.45) is 11.3 Å². The Bertz CT molecular complexity index is 360. The number of hydrogen-bond acceptors (Lipinski definition) is 3. The van der Waals surface area contributed by atoms with Crippen molar-refractivity contribution in [3.63, 3.8) is 0 Å². The van der Waals surface area contributed by atoms with E-state index in [-0.39, 0.29) is 5.41 Å². The predicted octanol–water partition coefficient (Wildman–Crippen LogP) is 1.60. The fourth-order valence-electron chi connectivity index (χ4n) is 1.89. The van der Waals surface area contributed by atoms with Crippen molar-refractivity contribution in [3.05, 3.63) is 0 Å². The van der Waals surface area contributed by atoms with Crippen molar-refractivity contribution in [2.45, 2.75) is 46.1 Å². The molecule has 1 heterocycles. The first-order valence-corrected chi connectivity index (χ1v) is 7.07. The van der Waals surface area contributed by atoms with E-state index >= 15 is 0 Å². The third kappa shape index (κ3) is 4.10. The Morgan fingerprint density at radius 2 is 1.85 bits per heavy atom. The second-order valence-corrected chi connectivity index (χ2v) is 6.45. The Morgan fingerprint density at radius 1 is 1.30 bits per heavy atom. The Hall–Kier alpha value is -1.30. The van der Waals surface area contributed by atoms with Crippen LogP contribution in [0.1, 0.15) is 40.5 Å². The number of carbonyl (C=O) groups excluding carboxylic acids is 1. The summed E-state index contributed by atoms with van der Waals surface area (Å²) >= 11 is 0. The van der Waals surface area contributed by atoms with Crippen LogP contribution in [0.5, 0.6) is 0 Å². The number of amides is 2. The first-order valence-electron chi connectivity index (χ1n) is 7.07. The second-order valence-electron chi connectivity index (χ2n) is 6.45. The van der Waals surface area contributed by atoms with E-state index in [0.717, 1.165) is 0 Å². The third-order valence-electron chi connectivity index (χ3n) is 4.38. The third-order valence-corrected chi connectivity index (χ3v) is 4.38. The molecule has 0 unspecified atom stereocenters. The highest BCUT2D eigenvalue weighted by atomic mass is 16.5. The van der Waals surface area contributed by atoms with Crippen LogP contribution in [0.3, 0.4) is 0 Å². The zero-order chi connectivity index (χ0) is 15.4. The number of nitrogens with one attached hydrogen (secondary N) is 2. The van der Waals surface area contributed by atoms with E-state index < -0.39 is 17.5 Å². The number of urea groups is 1. The minimum absolute atomic E-state index is 0.0383. The van der Waals surface area contributed by atoms with Crippen LogP contribution in [0.15, 0.2) is 0 Å². The summed E-state index contributed by atoms with van der Waals surface area (Å²) in [5, 5.41) is 14.7. The van der Waals surface area contributed by atoms with E-state index in [0.29, 0.717) is 38.5 Å². The summed E-state index contributed by atoms with van der Waals surface area (Å²) in [5.41, 5.74) is -1.24. The molecule has 1 fully saturated rings. The number of carboxylic acids is 1. The minimum atomic E-state index is -1.20. The van der Waals surface area contributed by atoms with E-state index in [4.69, 9.17) is 4.74 Å². The van der Waals surface area contributed by atoms with Gasteiger partial charge >= 0.3 is 12.0 Å². The molecule has 0 aliphatic carbocycles. The first kappa shape index (κ1) is 16.8. The molecule has 1 aliphatic rings. The largest absolute Gasteiger partial charge is 0.480 e. The molecule has 1 saturated heterocycles. The molecule has 0 aromatic carbocycles. The molecule has 20 heavy (non-hydrogen) atoms. The Morgan fingerprint density at radius 3 is 2.30 bits per heavy atom. The lowest BCUT2D eigenvalue weighted by Crippen LogP contribution is -2.60. The monoisotopic (exact) mass is 286 g/mol. The molecule has 0 aromatic heterocycles. The van der Waals surface area contributed by atoms with Crippen LogP contribution < -0.4 is 10.6 Å². The van der Waals surface area contributed by atoms with Gasteiger partial charge in [-0.2, -0.15) is 0 Å². The van der Waals surface area contributed by atoms with Gasteiger partial charge in [-0.05, 0) is 11.3 Å². The Balaban J connectivity index is 2.57.